The number of hydrogen-bond donors (Lipinski definition) is 0. The lowest BCUT2D eigenvalue weighted by Crippen LogP contribution is -2.37. The van der Waals surface area contributed by atoms with Gasteiger partial charge in [0.15, 0.2) is 0 Å². The molecule has 0 heterocycles. The molecule has 2 nitrogen and oxygen atoms in total. The molecular formula is C31H35FN2. The van der Waals surface area contributed by atoms with Gasteiger partial charge in [0.1, 0.15) is 5.82 Å². The van der Waals surface area contributed by atoms with Gasteiger partial charge in [0.2, 0.25) is 0 Å². The van der Waals surface area contributed by atoms with Crippen molar-refractivity contribution < 1.29 is 4.39 Å². The summed E-state index contributed by atoms with van der Waals surface area (Å²) in [6.45, 7) is 4.03. The van der Waals surface area contributed by atoms with Crippen molar-refractivity contribution in [2.24, 2.45) is 5.92 Å². The molecule has 4 rings (SSSR count). The van der Waals surface area contributed by atoms with Crippen molar-refractivity contribution in [2.45, 2.75) is 70.0 Å². The quantitative estimate of drug-likeness (QED) is 0.315. The van der Waals surface area contributed by atoms with E-state index in [2.05, 4.69) is 78.6 Å². The fourth-order valence-corrected chi connectivity index (χ4v) is 5.58. The van der Waals surface area contributed by atoms with Gasteiger partial charge < -0.3 is 0 Å². The largest absolute Gasteiger partial charge is 0.292 e. The molecule has 2 unspecified atom stereocenters. The van der Waals surface area contributed by atoms with Crippen molar-refractivity contribution >= 4 is 0 Å². The van der Waals surface area contributed by atoms with Crippen molar-refractivity contribution in [3.8, 4) is 6.07 Å². The molecule has 1 saturated carbocycles. The first-order valence-electron chi connectivity index (χ1n) is 12.6. The van der Waals surface area contributed by atoms with E-state index < -0.39 is 5.41 Å². The topological polar surface area (TPSA) is 27.0 Å². The molecule has 2 atom stereocenters. The molecule has 0 spiro atoms. The zero-order chi connectivity index (χ0) is 23.8. The van der Waals surface area contributed by atoms with Crippen LogP contribution in [0.2, 0.25) is 0 Å². The zero-order valence-corrected chi connectivity index (χ0v) is 20.2. The third kappa shape index (κ3) is 5.75. The molecule has 3 heteroatoms. The van der Waals surface area contributed by atoms with Crippen molar-refractivity contribution in [3.05, 3.63) is 107 Å². The summed E-state index contributed by atoms with van der Waals surface area (Å²) in [4.78, 5) is 2.52. The lowest BCUT2D eigenvalue weighted by molar-refractivity contribution is 0.166. The highest BCUT2D eigenvalue weighted by atomic mass is 19.1. The van der Waals surface area contributed by atoms with E-state index >= 15 is 0 Å². The van der Waals surface area contributed by atoms with E-state index in [0.717, 1.165) is 44.3 Å². The van der Waals surface area contributed by atoms with E-state index in [1.165, 1.54) is 36.1 Å². The fourth-order valence-electron chi connectivity index (χ4n) is 5.58. The molecule has 0 N–H and O–H groups in total. The molecule has 0 saturated heterocycles. The van der Waals surface area contributed by atoms with Gasteiger partial charge in [-0.05, 0) is 67.3 Å². The number of nitriles is 1. The third-order valence-electron chi connectivity index (χ3n) is 7.65. The summed E-state index contributed by atoms with van der Waals surface area (Å²) in [7, 11) is 0. The molecule has 34 heavy (non-hydrogen) atoms. The van der Waals surface area contributed by atoms with Gasteiger partial charge in [0, 0.05) is 19.1 Å². The van der Waals surface area contributed by atoms with Crippen LogP contribution in [0.4, 0.5) is 4.39 Å². The molecule has 3 aromatic carbocycles. The van der Waals surface area contributed by atoms with Crippen LogP contribution in [-0.4, -0.2) is 10.9 Å². The summed E-state index contributed by atoms with van der Waals surface area (Å²) in [5.41, 5.74) is 3.02. The average molecular weight is 455 g/mol. The van der Waals surface area contributed by atoms with Crippen LogP contribution < -0.4 is 0 Å². The molecule has 0 aromatic heterocycles. The van der Waals surface area contributed by atoms with Gasteiger partial charge in [0.25, 0.3) is 0 Å². The summed E-state index contributed by atoms with van der Waals surface area (Å²) < 4.78 is 13.7. The molecule has 0 aliphatic heterocycles. The highest BCUT2D eigenvalue weighted by Crippen LogP contribution is 2.45. The summed E-state index contributed by atoms with van der Waals surface area (Å²) in [5.74, 6) is 0.0964. The summed E-state index contributed by atoms with van der Waals surface area (Å²) in [6, 6.07) is 31.0. The predicted molar refractivity (Wildman–Crippen MR) is 136 cm³/mol. The smallest absolute Gasteiger partial charge is 0.123 e. The monoisotopic (exact) mass is 454 g/mol. The van der Waals surface area contributed by atoms with Gasteiger partial charge in [-0.15, -0.1) is 0 Å². The van der Waals surface area contributed by atoms with E-state index in [4.69, 9.17) is 0 Å². The Morgan fingerprint density at radius 3 is 1.91 bits per heavy atom. The van der Waals surface area contributed by atoms with Crippen molar-refractivity contribution in [2.75, 3.05) is 0 Å². The number of nitrogens with zero attached hydrogens (tertiary/aromatic N) is 2. The van der Waals surface area contributed by atoms with Crippen LogP contribution in [0.15, 0.2) is 84.9 Å². The van der Waals surface area contributed by atoms with Crippen molar-refractivity contribution in [1.29, 1.82) is 5.26 Å². The second-order valence-corrected chi connectivity index (χ2v) is 9.84. The Morgan fingerprint density at radius 1 is 0.882 bits per heavy atom. The number of rotatable bonds is 10. The maximum Gasteiger partial charge on any atom is 0.123 e. The average Bonchev–Trinajstić information content (AvgIpc) is 3.42. The Morgan fingerprint density at radius 2 is 1.41 bits per heavy atom. The molecule has 3 aromatic rings. The number of halogens is 1. The minimum atomic E-state index is -0.552. The molecule has 176 valence electrons. The van der Waals surface area contributed by atoms with Crippen LogP contribution in [0.25, 0.3) is 0 Å². The van der Waals surface area contributed by atoms with Crippen LogP contribution in [0.3, 0.4) is 0 Å². The van der Waals surface area contributed by atoms with Gasteiger partial charge in [-0.2, -0.15) is 5.26 Å². The van der Waals surface area contributed by atoms with E-state index in [-0.39, 0.29) is 5.82 Å². The summed E-state index contributed by atoms with van der Waals surface area (Å²) >= 11 is 0. The molecular weight excluding hydrogens is 419 g/mol. The van der Waals surface area contributed by atoms with Crippen LogP contribution in [0.1, 0.15) is 62.1 Å². The molecule has 1 fully saturated rings. The Bertz CT molecular complexity index is 1010. The van der Waals surface area contributed by atoms with Crippen LogP contribution in [0, 0.1) is 23.1 Å². The summed E-state index contributed by atoms with van der Waals surface area (Å²) in [5, 5.41) is 10.5. The minimum Gasteiger partial charge on any atom is -0.292 e. The van der Waals surface area contributed by atoms with Crippen molar-refractivity contribution in [3.63, 3.8) is 0 Å². The maximum absolute atomic E-state index is 13.7. The van der Waals surface area contributed by atoms with Gasteiger partial charge in [-0.25, -0.2) is 4.39 Å². The third-order valence-corrected chi connectivity index (χ3v) is 7.65. The van der Waals surface area contributed by atoms with E-state index in [1.54, 1.807) is 0 Å². The lowest BCUT2D eigenvalue weighted by atomic mass is 9.67. The zero-order valence-electron chi connectivity index (χ0n) is 20.2. The van der Waals surface area contributed by atoms with Crippen LogP contribution in [0.5, 0.6) is 0 Å². The first-order chi connectivity index (χ1) is 16.6. The van der Waals surface area contributed by atoms with Gasteiger partial charge in [-0.1, -0.05) is 85.6 Å². The van der Waals surface area contributed by atoms with E-state index in [0.29, 0.717) is 12.0 Å². The Kier molecular flexibility index (Phi) is 8.14. The van der Waals surface area contributed by atoms with Gasteiger partial charge in [0.05, 0.1) is 11.5 Å². The Labute approximate surface area is 204 Å². The SMILES string of the molecule is CC(CCC(C#N)(c1ccc(F)cc1)C1CCCC1)N(Cc1ccccc1)Cc1ccccc1. The predicted octanol–water partition coefficient (Wildman–Crippen LogP) is 7.65. The Hall–Kier alpha value is -2.96. The first kappa shape index (κ1) is 24.2. The van der Waals surface area contributed by atoms with Crippen LogP contribution in [-0.2, 0) is 18.5 Å². The molecule has 1 aliphatic rings. The number of benzene rings is 3. The summed E-state index contributed by atoms with van der Waals surface area (Å²) in [6.07, 6.45) is 6.23. The molecule has 1 aliphatic carbocycles. The molecule has 0 radical (unpaired) electrons. The van der Waals surface area contributed by atoms with E-state index in [1.807, 2.05) is 12.1 Å². The first-order valence-corrected chi connectivity index (χ1v) is 12.6. The van der Waals surface area contributed by atoms with Crippen molar-refractivity contribution in [1.82, 2.24) is 4.90 Å². The maximum atomic E-state index is 13.7. The van der Waals surface area contributed by atoms with Gasteiger partial charge in [-0.3, -0.25) is 4.90 Å². The van der Waals surface area contributed by atoms with Crippen LogP contribution >= 0.6 is 0 Å². The minimum absolute atomic E-state index is 0.243. The highest BCUT2D eigenvalue weighted by Gasteiger charge is 2.42. The van der Waals surface area contributed by atoms with Gasteiger partial charge >= 0.3 is 0 Å². The number of hydrogen-bond acceptors (Lipinski definition) is 2. The Balaban J connectivity index is 1.56. The normalized spacial score (nSPS) is 16.8. The second-order valence-electron chi connectivity index (χ2n) is 9.84. The molecule has 0 amide bonds. The second kappa shape index (κ2) is 11.4. The standard InChI is InChI=1S/C31H35FN2/c1-25(34(22-26-10-4-2-5-11-26)23-27-12-6-3-7-13-27)20-21-31(24-33,28-14-8-9-15-28)29-16-18-30(32)19-17-29/h2-7,10-13,16-19,25,28H,8-9,14-15,20-23H2,1H3. The van der Waals surface area contributed by atoms with E-state index in [9.17, 15) is 9.65 Å². The lowest BCUT2D eigenvalue weighted by Gasteiger charge is -2.36. The fraction of sp³-hybridized carbons (Fsp3) is 0.387. The molecule has 0 bridgehead atoms. The highest BCUT2D eigenvalue weighted by molar-refractivity contribution is 5.34.